The van der Waals surface area contributed by atoms with Gasteiger partial charge < -0.3 is 4.18 Å². The van der Waals surface area contributed by atoms with E-state index in [9.17, 15) is 13.2 Å². The molecule has 5 nitrogen and oxygen atoms in total. The zero-order valence-corrected chi connectivity index (χ0v) is 9.96. The topological polar surface area (TPSA) is 72.8 Å². The first-order valence-electron chi connectivity index (χ1n) is 4.47. The molecule has 0 amide bonds. The van der Waals surface area contributed by atoms with E-state index in [0.717, 1.165) is 11.6 Å². The maximum atomic E-state index is 11.1. The number of hydrogen-bond donors (Lipinski definition) is 0. The van der Waals surface area contributed by atoms with E-state index in [1.807, 2.05) is 6.92 Å². The zero-order valence-electron chi connectivity index (χ0n) is 9.14. The van der Waals surface area contributed by atoms with Crippen molar-refractivity contribution in [2.45, 2.75) is 20.8 Å². The molecule has 0 aliphatic rings. The van der Waals surface area contributed by atoms with Crippen LogP contribution in [0.15, 0.2) is 16.5 Å². The molecule has 0 spiro atoms. The smallest absolute Gasteiger partial charge is 0.364 e. The molecule has 0 saturated heterocycles. The summed E-state index contributed by atoms with van der Waals surface area (Å²) in [5.74, 6) is 0.199. The second-order valence-corrected chi connectivity index (χ2v) is 4.63. The molecule has 1 aromatic carbocycles. The van der Waals surface area contributed by atoms with E-state index in [2.05, 4.69) is 4.40 Å². The Labute approximate surface area is 94.0 Å². The molecule has 0 fully saturated rings. The molecular weight excluding hydrogens is 230 g/mol. The maximum Gasteiger partial charge on any atom is 0.439 e. The van der Waals surface area contributed by atoms with Crippen LogP contribution in [0.1, 0.15) is 16.7 Å². The molecule has 0 aliphatic carbocycles. The summed E-state index contributed by atoms with van der Waals surface area (Å²) in [6.45, 7) is 5.33. The lowest BCUT2D eigenvalue weighted by molar-refractivity contribution is 0.483. The van der Waals surface area contributed by atoms with Crippen LogP contribution in [0.25, 0.3) is 0 Å². The van der Waals surface area contributed by atoms with Gasteiger partial charge in [0, 0.05) is 0 Å². The molecule has 0 bridgehead atoms. The van der Waals surface area contributed by atoms with Crippen molar-refractivity contribution in [2.75, 3.05) is 0 Å². The second kappa shape index (κ2) is 4.47. The Hall–Kier alpha value is -1.65. The quantitative estimate of drug-likeness (QED) is 0.594. The molecule has 0 N–H and O–H groups in total. The second-order valence-electron chi connectivity index (χ2n) is 3.42. The third-order valence-electron chi connectivity index (χ3n) is 1.94. The van der Waals surface area contributed by atoms with Crippen molar-refractivity contribution in [3.05, 3.63) is 28.8 Å². The van der Waals surface area contributed by atoms with E-state index < -0.39 is 10.3 Å². The normalized spacial score (nSPS) is 10.7. The molecule has 86 valence electrons. The molecule has 0 radical (unpaired) electrons. The number of carbonyl (C=O) groups excluding carboxylic acids is 1. The van der Waals surface area contributed by atoms with Gasteiger partial charge in [0.25, 0.3) is 6.08 Å². The highest BCUT2D eigenvalue weighted by molar-refractivity contribution is 7.85. The van der Waals surface area contributed by atoms with Crippen LogP contribution in [-0.4, -0.2) is 14.5 Å². The average molecular weight is 241 g/mol. The van der Waals surface area contributed by atoms with E-state index in [0.29, 0.717) is 11.1 Å². The molecule has 6 heteroatoms. The molecule has 0 saturated carbocycles. The molecule has 1 aromatic rings. The van der Waals surface area contributed by atoms with E-state index in [4.69, 9.17) is 4.18 Å². The minimum atomic E-state index is -4.24. The van der Waals surface area contributed by atoms with Gasteiger partial charge >= 0.3 is 10.3 Å². The number of aryl methyl sites for hydroxylation is 3. The van der Waals surface area contributed by atoms with Gasteiger partial charge in [-0.15, -0.1) is 0 Å². The fourth-order valence-electron chi connectivity index (χ4n) is 1.47. The summed E-state index contributed by atoms with van der Waals surface area (Å²) in [5, 5.41) is 0. The van der Waals surface area contributed by atoms with Crippen molar-refractivity contribution in [3.8, 4) is 5.75 Å². The molecule has 1 rings (SSSR count). The molecule has 0 aliphatic heterocycles. The van der Waals surface area contributed by atoms with E-state index in [1.54, 1.807) is 26.0 Å². The summed E-state index contributed by atoms with van der Waals surface area (Å²) in [5.41, 5.74) is 2.34. The number of rotatable bonds is 3. The van der Waals surface area contributed by atoms with Crippen molar-refractivity contribution >= 4 is 16.4 Å². The number of hydrogen-bond acceptors (Lipinski definition) is 4. The summed E-state index contributed by atoms with van der Waals surface area (Å²) in [6, 6.07) is 3.56. The lowest BCUT2D eigenvalue weighted by atomic mass is 10.1. The Morgan fingerprint density at radius 2 is 1.69 bits per heavy atom. The number of benzene rings is 1. The molecule has 16 heavy (non-hydrogen) atoms. The predicted octanol–water partition coefficient (Wildman–Crippen LogP) is 1.57. The van der Waals surface area contributed by atoms with E-state index in [1.165, 1.54) is 0 Å². The average Bonchev–Trinajstić information content (AvgIpc) is 2.11. The van der Waals surface area contributed by atoms with Gasteiger partial charge in [0.15, 0.2) is 0 Å². The van der Waals surface area contributed by atoms with Gasteiger partial charge in [-0.05, 0) is 36.3 Å². The molecule has 0 aromatic heterocycles. The number of nitrogens with zero attached hydrogens (tertiary/aromatic N) is 1. The highest BCUT2D eigenvalue weighted by Crippen LogP contribution is 2.26. The van der Waals surface area contributed by atoms with Crippen molar-refractivity contribution < 1.29 is 17.4 Å². The van der Waals surface area contributed by atoms with Crippen LogP contribution in [0.5, 0.6) is 5.75 Å². The number of isocyanates is 1. The molecule has 0 atom stereocenters. The third-order valence-corrected chi connectivity index (χ3v) is 2.62. The van der Waals surface area contributed by atoms with Crippen LogP contribution in [0.4, 0.5) is 0 Å². The van der Waals surface area contributed by atoms with Crippen LogP contribution in [0, 0.1) is 20.8 Å². The Morgan fingerprint density at radius 3 is 2.12 bits per heavy atom. The summed E-state index contributed by atoms with van der Waals surface area (Å²) < 4.78 is 29.6. The largest absolute Gasteiger partial charge is 0.439 e. The lowest BCUT2D eigenvalue weighted by Gasteiger charge is -2.09. The van der Waals surface area contributed by atoms with Crippen LogP contribution in [-0.2, 0) is 15.1 Å². The minimum absolute atomic E-state index is 0.199. The van der Waals surface area contributed by atoms with Gasteiger partial charge in [0.05, 0.1) is 0 Å². The van der Waals surface area contributed by atoms with E-state index in [-0.39, 0.29) is 5.75 Å². The van der Waals surface area contributed by atoms with Gasteiger partial charge in [-0.25, -0.2) is 4.79 Å². The standard InChI is InChI=1S/C10H11NO4S/c1-7-4-8(2)10(9(3)5-7)15-16(13,14)11-6-12/h4-5H,1-3H3. The highest BCUT2D eigenvalue weighted by Gasteiger charge is 2.14. The fourth-order valence-corrected chi connectivity index (χ4v) is 2.07. The first kappa shape index (κ1) is 12.4. The van der Waals surface area contributed by atoms with Crippen LogP contribution in [0.2, 0.25) is 0 Å². The van der Waals surface area contributed by atoms with Crippen molar-refractivity contribution in [1.29, 1.82) is 0 Å². The SMILES string of the molecule is Cc1cc(C)c(OS(=O)(=O)N=C=O)c(C)c1. The fraction of sp³-hybridized carbons (Fsp3) is 0.300. The Bertz CT molecular complexity index is 533. The van der Waals surface area contributed by atoms with E-state index >= 15 is 0 Å². The molecule has 0 unspecified atom stereocenters. The summed E-state index contributed by atoms with van der Waals surface area (Å²) in [6.07, 6.45) is 0.941. The van der Waals surface area contributed by atoms with Crippen molar-refractivity contribution in [3.63, 3.8) is 0 Å². The highest BCUT2D eigenvalue weighted by atomic mass is 32.2. The summed E-state index contributed by atoms with van der Waals surface area (Å²) in [4.78, 5) is 9.88. The Morgan fingerprint density at radius 1 is 1.19 bits per heavy atom. The summed E-state index contributed by atoms with van der Waals surface area (Å²) in [7, 11) is -4.24. The summed E-state index contributed by atoms with van der Waals surface area (Å²) >= 11 is 0. The first-order chi connectivity index (χ1) is 7.35. The Balaban J connectivity index is 3.22. The monoisotopic (exact) mass is 241 g/mol. The zero-order chi connectivity index (χ0) is 12.3. The van der Waals surface area contributed by atoms with Gasteiger partial charge in [-0.2, -0.15) is 8.42 Å². The third kappa shape index (κ3) is 2.92. The van der Waals surface area contributed by atoms with Crippen molar-refractivity contribution in [1.82, 2.24) is 0 Å². The first-order valence-corrected chi connectivity index (χ1v) is 5.83. The van der Waals surface area contributed by atoms with Crippen LogP contribution < -0.4 is 4.18 Å². The van der Waals surface area contributed by atoms with Crippen LogP contribution in [0.3, 0.4) is 0 Å². The molecule has 0 heterocycles. The minimum Gasteiger partial charge on any atom is -0.364 e. The van der Waals surface area contributed by atoms with Crippen LogP contribution >= 0.6 is 0 Å². The predicted molar refractivity (Wildman–Crippen MR) is 58.3 cm³/mol. The Kier molecular flexibility index (Phi) is 3.47. The van der Waals surface area contributed by atoms with Crippen molar-refractivity contribution in [2.24, 2.45) is 4.40 Å². The lowest BCUT2D eigenvalue weighted by Crippen LogP contribution is -2.07. The van der Waals surface area contributed by atoms with Gasteiger partial charge in [-0.3, -0.25) is 0 Å². The van der Waals surface area contributed by atoms with Gasteiger partial charge in [0.2, 0.25) is 0 Å². The van der Waals surface area contributed by atoms with Gasteiger partial charge in [-0.1, -0.05) is 17.7 Å². The maximum absolute atomic E-state index is 11.1. The molecular formula is C10H11NO4S. The van der Waals surface area contributed by atoms with Gasteiger partial charge in [0.1, 0.15) is 5.75 Å².